The zero-order valence-electron chi connectivity index (χ0n) is 8.92. The monoisotopic (exact) mass is 259 g/mol. The van der Waals surface area contributed by atoms with Crippen molar-refractivity contribution in [3.8, 4) is 0 Å². The van der Waals surface area contributed by atoms with E-state index in [-0.39, 0.29) is 0 Å². The van der Waals surface area contributed by atoms with E-state index >= 15 is 0 Å². The van der Waals surface area contributed by atoms with Crippen LogP contribution in [0.2, 0.25) is 0 Å². The zero-order chi connectivity index (χ0) is 11.8. The molecule has 1 aromatic carbocycles. The second-order valence-corrected chi connectivity index (χ2v) is 7.28. The summed E-state index contributed by atoms with van der Waals surface area (Å²) in [4.78, 5) is 0.758. The molecule has 0 N–H and O–H groups in total. The summed E-state index contributed by atoms with van der Waals surface area (Å²) in [5.74, 6) is 0.365. The lowest BCUT2D eigenvalue weighted by atomic mass is 10.2. The molecule has 0 aliphatic carbocycles. The first-order valence-electron chi connectivity index (χ1n) is 4.90. The van der Waals surface area contributed by atoms with Crippen LogP contribution in [0.4, 0.5) is 0 Å². The van der Waals surface area contributed by atoms with Crippen molar-refractivity contribution in [2.75, 3.05) is 18.6 Å². The van der Waals surface area contributed by atoms with Crippen LogP contribution < -0.4 is 0 Å². The average Bonchev–Trinajstić information content (AvgIpc) is 2.38. The first kappa shape index (κ1) is 11.9. The molecule has 2 rings (SSSR count). The molecule has 1 heterocycles. The third kappa shape index (κ3) is 2.40. The highest BCUT2D eigenvalue weighted by Crippen LogP contribution is 2.23. The van der Waals surface area contributed by atoms with Crippen LogP contribution in [0.25, 0.3) is 0 Å². The predicted octanol–water partition coefficient (Wildman–Crippen LogP) is 0.569. The second-order valence-electron chi connectivity index (χ2n) is 3.75. The molecule has 1 unspecified atom stereocenters. The fourth-order valence-corrected chi connectivity index (χ4v) is 3.88. The summed E-state index contributed by atoms with van der Waals surface area (Å²) in [6, 6.07) is 7.29. The van der Waals surface area contributed by atoms with Gasteiger partial charge in [0.05, 0.1) is 12.8 Å². The number of fused-ring (bicyclic) bond motifs is 1. The lowest BCUT2D eigenvalue weighted by molar-refractivity contribution is 0.430. The van der Waals surface area contributed by atoms with E-state index in [0.717, 1.165) is 10.5 Å². The fourth-order valence-electron chi connectivity index (χ4n) is 1.70. The maximum Gasteiger partial charge on any atom is 0.211 e. The molecule has 16 heavy (non-hydrogen) atoms. The Morgan fingerprint density at radius 2 is 2.06 bits per heavy atom. The average molecular weight is 259 g/mol. The highest BCUT2D eigenvalue weighted by molar-refractivity contribution is 7.91. The largest absolute Gasteiger partial charge is 0.611 e. The van der Waals surface area contributed by atoms with E-state index in [0.29, 0.717) is 18.8 Å². The van der Waals surface area contributed by atoms with Gasteiger partial charge in [-0.25, -0.2) is 8.42 Å². The van der Waals surface area contributed by atoms with Crippen molar-refractivity contribution in [1.82, 2.24) is 4.31 Å². The van der Waals surface area contributed by atoms with Gasteiger partial charge in [0, 0.05) is 12.1 Å². The summed E-state index contributed by atoms with van der Waals surface area (Å²) >= 11 is -1.09. The van der Waals surface area contributed by atoms with Crippen molar-refractivity contribution in [3.63, 3.8) is 0 Å². The van der Waals surface area contributed by atoms with Crippen molar-refractivity contribution in [1.29, 1.82) is 0 Å². The van der Waals surface area contributed by atoms with Gasteiger partial charge in [-0.2, -0.15) is 4.31 Å². The van der Waals surface area contributed by atoms with Gasteiger partial charge in [-0.15, -0.1) is 0 Å². The van der Waals surface area contributed by atoms with E-state index in [1.54, 1.807) is 6.07 Å². The van der Waals surface area contributed by atoms with E-state index in [1.165, 1.54) is 10.6 Å². The second kappa shape index (κ2) is 4.37. The number of hydrogen-bond acceptors (Lipinski definition) is 3. The van der Waals surface area contributed by atoms with Crippen LogP contribution in [0.3, 0.4) is 0 Å². The normalized spacial score (nSPS) is 22.5. The summed E-state index contributed by atoms with van der Waals surface area (Å²) in [5.41, 5.74) is 0.837. The minimum atomic E-state index is -3.22. The van der Waals surface area contributed by atoms with Crippen LogP contribution >= 0.6 is 0 Å². The van der Waals surface area contributed by atoms with Gasteiger partial charge in [-0.1, -0.05) is 18.2 Å². The topological polar surface area (TPSA) is 60.4 Å². The number of rotatable bonds is 1. The van der Waals surface area contributed by atoms with Crippen molar-refractivity contribution in [2.24, 2.45) is 0 Å². The molecular weight excluding hydrogens is 246 g/mol. The maximum absolute atomic E-state index is 11.9. The summed E-state index contributed by atoms with van der Waals surface area (Å²) < 4.78 is 36.2. The molecule has 1 aliphatic heterocycles. The molecule has 1 atom stereocenters. The summed E-state index contributed by atoms with van der Waals surface area (Å²) in [6.45, 7) is 0.640. The smallest absolute Gasteiger partial charge is 0.211 e. The zero-order valence-corrected chi connectivity index (χ0v) is 10.6. The van der Waals surface area contributed by atoms with E-state index in [1.807, 2.05) is 18.2 Å². The summed E-state index contributed by atoms with van der Waals surface area (Å²) in [7, 11) is -3.22. The van der Waals surface area contributed by atoms with Crippen LogP contribution in [0.1, 0.15) is 5.56 Å². The van der Waals surface area contributed by atoms with Gasteiger partial charge in [0.1, 0.15) is 5.75 Å². The Morgan fingerprint density at radius 1 is 1.38 bits per heavy atom. The lowest BCUT2D eigenvalue weighted by Crippen LogP contribution is -2.31. The third-order valence-electron chi connectivity index (χ3n) is 2.56. The SMILES string of the molecule is CS(=O)(=O)N1CC[S+]([O-])c2ccccc2C1. The lowest BCUT2D eigenvalue weighted by Gasteiger charge is -2.15. The van der Waals surface area contributed by atoms with Crippen LogP contribution in [-0.4, -0.2) is 35.8 Å². The minimum absolute atomic E-state index is 0.320. The molecular formula is C10H13NO3S2. The maximum atomic E-state index is 11.9. The Kier molecular flexibility index (Phi) is 3.25. The Morgan fingerprint density at radius 3 is 2.75 bits per heavy atom. The van der Waals surface area contributed by atoms with Gasteiger partial charge >= 0.3 is 0 Å². The van der Waals surface area contributed by atoms with E-state index < -0.39 is 21.2 Å². The number of nitrogens with zero attached hydrogens (tertiary/aromatic N) is 1. The molecule has 0 spiro atoms. The van der Waals surface area contributed by atoms with Gasteiger partial charge in [0.15, 0.2) is 4.90 Å². The number of benzene rings is 1. The van der Waals surface area contributed by atoms with Gasteiger partial charge in [-0.05, 0) is 17.2 Å². The van der Waals surface area contributed by atoms with Crippen LogP contribution in [-0.2, 0) is 27.7 Å². The Bertz CT molecular complexity index is 487. The molecule has 0 bridgehead atoms. The summed E-state index contributed by atoms with van der Waals surface area (Å²) in [6.07, 6.45) is 1.18. The van der Waals surface area contributed by atoms with Crippen LogP contribution in [0.5, 0.6) is 0 Å². The van der Waals surface area contributed by atoms with E-state index in [9.17, 15) is 13.0 Å². The van der Waals surface area contributed by atoms with Crippen molar-refractivity contribution in [2.45, 2.75) is 11.4 Å². The molecule has 0 fully saturated rings. The Labute approximate surface area is 98.5 Å². The molecule has 0 aromatic heterocycles. The number of hydrogen-bond donors (Lipinski definition) is 0. The standard InChI is InChI=1S/C10H13NO3S2/c1-16(13,14)11-6-7-15(12)10-5-3-2-4-9(10)8-11/h2-5H,6-8H2,1H3. The molecule has 1 aliphatic rings. The fraction of sp³-hybridized carbons (Fsp3) is 0.400. The number of sulfonamides is 1. The highest BCUT2D eigenvalue weighted by atomic mass is 32.2. The highest BCUT2D eigenvalue weighted by Gasteiger charge is 2.27. The van der Waals surface area contributed by atoms with Crippen LogP contribution in [0.15, 0.2) is 29.2 Å². The molecule has 88 valence electrons. The van der Waals surface area contributed by atoms with Gasteiger partial charge < -0.3 is 4.55 Å². The van der Waals surface area contributed by atoms with Gasteiger partial charge in [0.25, 0.3) is 0 Å². The predicted molar refractivity (Wildman–Crippen MR) is 63.0 cm³/mol. The molecule has 0 saturated heterocycles. The summed E-state index contributed by atoms with van der Waals surface area (Å²) in [5, 5.41) is 0. The molecule has 0 amide bonds. The Balaban J connectivity index is 2.39. The van der Waals surface area contributed by atoms with Crippen molar-refractivity contribution in [3.05, 3.63) is 29.8 Å². The van der Waals surface area contributed by atoms with E-state index in [4.69, 9.17) is 0 Å². The third-order valence-corrected chi connectivity index (χ3v) is 5.25. The Hall–Kier alpha value is -0.560. The van der Waals surface area contributed by atoms with Crippen LogP contribution in [0, 0.1) is 0 Å². The first-order valence-corrected chi connectivity index (χ1v) is 8.06. The molecule has 6 heteroatoms. The van der Waals surface area contributed by atoms with Crippen molar-refractivity contribution < 1.29 is 13.0 Å². The molecule has 4 nitrogen and oxygen atoms in total. The van der Waals surface area contributed by atoms with E-state index in [2.05, 4.69) is 0 Å². The molecule has 1 aromatic rings. The van der Waals surface area contributed by atoms with Gasteiger partial charge in [-0.3, -0.25) is 0 Å². The molecule has 0 saturated carbocycles. The molecule has 0 radical (unpaired) electrons. The minimum Gasteiger partial charge on any atom is -0.611 e. The van der Waals surface area contributed by atoms with Gasteiger partial charge in [0.2, 0.25) is 10.0 Å². The first-order chi connectivity index (χ1) is 7.48. The van der Waals surface area contributed by atoms with Crippen molar-refractivity contribution >= 4 is 21.2 Å². The quantitative estimate of drug-likeness (QED) is 0.693.